The van der Waals surface area contributed by atoms with Crippen LogP contribution in [0.3, 0.4) is 0 Å². The highest BCUT2D eigenvalue weighted by atomic mass is 16.1. The number of carbonyl (C=O) groups excluding carboxylic acids is 1. The zero-order chi connectivity index (χ0) is 11.1. The van der Waals surface area contributed by atoms with Gasteiger partial charge < -0.3 is 10.6 Å². The topological polar surface area (TPSA) is 54.0 Å². The minimum Gasteiger partial charge on any atom is -0.326 e. The van der Waals surface area contributed by atoms with E-state index in [2.05, 4.69) is 15.6 Å². The van der Waals surface area contributed by atoms with E-state index in [9.17, 15) is 4.79 Å². The van der Waals surface area contributed by atoms with Crippen LogP contribution in [0.2, 0.25) is 0 Å². The lowest BCUT2D eigenvalue weighted by Gasteiger charge is -2.05. The molecule has 1 amide bonds. The lowest BCUT2D eigenvalue weighted by molar-refractivity contribution is -0.116. The number of nitrogens with zero attached hydrogens (tertiary/aromatic N) is 1. The van der Waals surface area contributed by atoms with Gasteiger partial charge in [0.05, 0.1) is 0 Å². The van der Waals surface area contributed by atoms with E-state index >= 15 is 0 Å². The molecule has 4 heteroatoms. The van der Waals surface area contributed by atoms with Crippen molar-refractivity contribution in [1.82, 2.24) is 10.3 Å². The van der Waals surface area contributed by atoms with Crippen LogP contribution in [0.15, 0.2) is 18.3 Å². The summed E-state index contributed by atoms with van der Waals surface area (Å²) in [7, 11) is 1.88. The Balaban J connectivity index is 2.37. The molecule has 1 aromatic heterocycles. The van der Waals surface area contributed by atoms with E-state index in [0.717, 1.165) is 24.3 Å². The molecule has 0 atom stereocenters. The van der Waals surface area contributed by atoms with E-state index in [1.807, 2.05) is 20.0 Å². The number of hydrogen-bond donors (Lipinski definition) is 2. The Morgan fingerprint density at radius 2 is 2.33 bits per heavy atom. The maximum absolute atomic E-state index is 11.4. The van der Waals surface area contributed by atoms with Crippen LogP contribution >= 0.6 is 0 Å². The zero-order valence-corrected chi connectivity index (χ0v) is 9.21. The number of rotatable bonds is 5. The minimum absolute atomic E-state index is 0.0517. The molecule has 0 spiro atoms. The number of hydrogen-bond acceptors (Lipinski definition) is 3. The Kier molecular flexibility index (Phi) is 4.77. The summed E-state index contributed by atoms with van der Waals surface area (Å²) in [5, 5.41) is 5.84. The SMILES string of the molecule is CNCCCC(=O)Nc1ccnc(C)c1. The van der Waals surface area contributed by atoms with Crippen LogP contribution in [-0.4, -0.2) is 24.5 Å². The van der Waals surface area contributed by atoms with Gasteiger partial charge in [-0.05, 0) is 39.1 Å². The van der Waals surface area contributed by atoms with Gasteiger partial charge in [0.1, 0.15) is 0 Å². The van der Waals surface area contributed by atoms with Crippen molar-refractivity contribution in [3.05, 3.63) is 24.0 Å². The largest absolute Gasteiger partial charge is 0.326 e. The van der Waals surface area contributed by atoms with E-state index in [4.69, 9.17) is 0 Å². The molecule has 2 N–H and O–H groups in total. The highest BCUT2D eigenvalue weighted by Gasteiger charge is 2.01. The molecule has 0 fully saturated rings. The molecule has 0 unspecified atom stereocenters. The van der Waals surface area contributed by atoms with Crippen LogP contribution in [-0.2, 0) is 4.79 Å². The van der Waals surface area contributed by atoms with Crippen LogP contribution in [0.4, 0.5) is 5.69 Å². The quantitative estimate of drug-likeness (QED) is 0.716. The number of amides is 1. The Hall–Kier alpha value is -1.42. The molecule has 4 nitrogen and oxygen atoms in total. The Bertz CT molecular complexity index is 325. The maximum atomic E-state index is 11.4. The van der Waals surface area contributed by atoms with Crippen LogP contribution in [0, 0.1) is 6.92 Å². The fourth-order valence-corrected chi connectivity index (χ4v) is 1.27. The molecule has 82 valence electrons. The molecule has 15 heavy (non-hydrogen) atoms. The first-order valence-electron chi connectivity index (χ1n) is 5.09. The standard InChI is InChI=1S/C11H17N3O/c1-9-8-10(5-7-13-9)14-11(15)4-3-6-12-2/h5,7-8,12H,3-4,6H2,1-2H3,(H,13,14,15). The van der Waals surface area contributed by atoms with Gasteiger partial charge in [-0.1, -0.05) is 0 Å². The molecule has 0 saturated carbocycles. The van der Waals surface area contributed by atoms with E-state index in [1.54, 1.807) is 12.3 Å². The summed E-state index contributed by atoms with van der Waals surface area (Å²) in [4.78, 5) is 15.5. The number of aromatic nitrogens is 1. The fraction of sp³-hybridized carbons (Fsp3) is 0.455. The summed E-state index contributed by atoms with van der Waals surface area (Å²) < 4.78 is 0. The van der Waals surface area contributed by atoms with E-state index in [-0.39, 0.29) is 5.91 Å². The van der Waals surface area contributed by atoms with Crippen LogP contribution in [0.25, 0.3) is 0 Å². The lowest BCUT2D eigenvalue weighted by Crippen LogP contribution is -2.15. The molecular weight excluding hydrogens is 190 g/mol. The van der Waals surface area contributed by atoms with Gasteiger partial charge >= 0.3 is 0 Å². The molecule has 0 radical (unpaired) electrons. The molecule has 0 aromatic carbocycles. The van der Waals surface area contributed by atoms with Gasteiger partial charge in [0.15, 0.2) is 0 Å². The third-order valence-corrected chi connectivity index (χ3v) is 2.01. The lowest BCUT2D eigenvalue weighted by atomic mass is 10.2. The van der Waals surface area contributed by atoms with E-state index in [0.29, 0.717) is 6.42 Å². The first kappa shape index (κ1) is 11.7. The molecule has 0 aliphatic heterocycles. The van der Waals surface area contributed by atoms with Crippen molar-refractivity contribution >= 4 is 11.6 Å². The predicted octanol–water partition coefficient (Wildman–Crippen LogP) is 1.33. The maximum Gasteiger partial charge on any atom is 0.224 e. The summed E-state index contributed by atoms with van der Waals surface area (Å²) >= 11 is 0. The molecule has 0 bridgehead atoms. The average Bonchev–Trinajstić information content (AvgIpc) is 2.18. The molecule has 1 rings (SSSR count). The summed E-state index contributed by atoms with van der Waals surface area (Å²) in [6.07, 6.45) is 3.09. The first-order chi connectivity index (χ1) is 7.22. The number of carbonyl (C=O) groups is 1. The van der Waals surface area contributed by atoms with Crippen molar-refractivity contribution in [3.8, 4) is 0 Å². The second-order valence-electron chi connectivity index (χ2n) is 3.44. The summed E-state index contributed by atoms with van der Waals surface area (Å²) in [6.45, 7) is 2.76. The van der Waals surface area contributed by atoms with Crippen molar-refractivity contribution in [2.24, 2.45) is 0 Å². The number of nitrogens with one attached hydrogen (secondary N) is 2. The Morgan fingerprint density at radius 3 is 3.00 bits per heavy atom. The van der Waals surface area contributed by atoms with Crippen LogP contribution in [0.5, 0.6) is 0 Å². The summed E-state index contributed by atoms with van der Waals surface area (Å²) in [5.74, 6) is 0.0517. The van der Waals surface area contributed by atoms with Gasteiger partial charge in [-0.25, -0.2) is 0 Å². The number of pyridine rings is 1. The normalized spacial score (nSPS) is 10.0. The Labute approximate surface area is 90.1 Å². The minimum atomic E-state index is 0.0517. The smallest absolute Gasteiger partial charge is 0.224 e. The van der Waals surface area contributed by atoms with Gasteiger partial charge in [0.25, 0.3) is 0 Å². The Morgan fingerprint density at radius 1 is 1.53 bits per heavy atom. The van der Waals surface area contributed by atoms with Crippen molar-refractivity contribution in [2.45, 2.75) is 19.8 Å². The van der Waals surface area contributed by atoms with Crippen molar-refractivity contribution in [1.29, 1.82) is 0 Å². The predicted molar refractivity (Wildman–Crippen MR) is 60.8 cm³/mol. The van der Waals surface area contributed by atoms with Gasteiger partial charge in [-0.3, -0.25) is 9.78 Å². The van der Waals surface area contributed by atoms with Crippen molar-refractivity contribution < 1.29 is 4.79 Å². The van der Waals surface area contributed by atoms with Crippen molar-refractivity contribution in [2.75, 3.05) is 18.9 Å². The highest BCUT2D eigenvalue weighted by molar-refractivity contribution is 5.90. The van der Waals surface area contributed by atoms with Crippen molar-refractivity contribution in [3.63, 3.8) is 0 Å². The van der Waals surface area contributed by atoms with Gasteiger partial charge in [-0.15, -0.1) is 0 Å². The highest BCUT2D eigenvalue weighted by Crippen LogP contribution is 2.07. The number of anilines is 1. The third kappa shape index (κ3) is 4.56. The second-order valence-corrected chi connectivity index (χ2v) is 3.44. The first-order valence-corrected chi connectivity index (χ1v) is 5.09. The van der Waals surface area contributed by atoms with Crippen LogP contribution in [0.1, 0.15) is 18.5 Å². The van der Waals surface area contributed by atoms with Gasteiger partial charge in [-0.2, -0.15) is 0 Å². The monoisotopic (exact) mass is 207 g/mol. The summed E-state index contributed by atoms with van der Waals surface area (Å²) in [6, 6.07) is 3.65. The molecule has 1 aromatic rings. The molecule has 0 aliphatic carbocycles. The fourth-order valence-electron chi connectivity index (χ4n) is 1.27. The number of aryl methyl sites for hydroxylation is 1. The van der Waals surface area contributed by atoms with Gasteiger partial charge in [0.2, 0.25) is 5.91 Å². The second kappa shape index (κ2) is 6.14. The van der Waals surface area contributed by atoms with Gasteiger partial charge in [0, 0.05) is 24.0 Å². The van der Waals surface area contributed by atoms with Crippen LogP contribution < -0.4 is 10.6 Å². The molecule has 1 heterocycles. The average molecular weight is 207 g/mol. The molecule has 0 saturated heterocycles. The summed E-state index contributed by atoms with van der Waals surface area (Å²) in [5.41, 5.74) is 1.72. The van der Waals surface area contributed by atoms with E-state index in [1.165, 1.54) is 0 Å². The third-order valence-electron chi connectivity index (χ3n) is 2.01. The molecular formula is C11H17N3O. The molecule has 0 aliphatic rings. The zero-order valence-electron chi connectivity index (χ0n) is 9.21. The van der Waals surface area contributed by atoms with E-state index < -0.39 is 0 Å².